The molecule has 0 bridgehead atoms. The van der Waals surface area contributed by atoms with Gasteiger partial charge in [0.15, 0.2) is 11.8 Å². The summed E-state index contributed by atoms with van der Waals surface area (Å²) >= 11 is 0. The van der Waals surface area contributed by atoms with Crippen molar-refractivity contribution in [2.45, 2.75) is 26.6 Å². The Morgan fingerprint density at radius 2 is 2.00 bits per heavy atom. The maximum Gasteiger partial charge on any atom is 0.387 e. The van der Waals surface area contributed by atoms with Crippen LogP contribution in [-0.2, 0) is 24.9 Å². The molecule has 2 rings (SSSR count). The number of alkyl halides is 2. The minimum Gasteiger partial charge on any atom is -0.434 e. The lowest BCUT2D eigenvalue weighted by Gasteiger charge is -2.13. The third-order valence-corrected chi connectivity index (χ3v) is 3.79. The molecule has 0 aliphatic heterocycles. The van der Waals surface area contributed by atoms with Gasteiger partial charge in [0, 0.05) is 26.3 Å². The number of rotatable bonds is 9. The van der Waals surface area contributed by atoms with Crippen molar-refractivity contribution in [1.29, 1.82) is 0 Å². The number of para-hydroxylation sites is 1. The molecule has 0 atom stereocenters. The lowest BCUT2D eigenvalue weighted by atomic mass is 10.2. The number of halogens is 3. The van der Waals surface area contributed by atoms with Crippen LogP contribution in [0, 0.1) is 6.92 Å². The highest BCUT2D eigenvalue weighted by Gasteiger charge is 2.10. The number of methoxy groups -OCH3 is 1. The fourth-order valence-corrected chi connectivity index (χ4v) is 2.22. The largest absolute Gasteiger partial charge is 0.434 e. The first kappa shape index (κ1) is 24.0. The van der Waals surface area contributed by atoms with E-state index in [1.54, 1.807) is 25.3 Å². The Morgan fingerprint density at radius 3 is 2.64 bits per heavy atom. The number of aromatic nitrogens is 3. The fourth-order valence-electron chi connectivity index (χ4n) is 2.22. The molecular weight excluding hydrogens is 485 g/mol. The molecule has 0 aliphatic carbocycles. The molecule has 0 fully saturated rings. The number of hydrogen-bond acceptors (Lipinski definition) is 5. The highest BCUT2D eigenvalue weighted by molar-refractivity contribution is 14.0. The Kier molecular flexibility index (Phi) is 10.7. The summed E-state index contributed by atoms with van der Waals surface area (Å²) < 4.78 is 36.5. The average molecular weight is 510 g/mol. The predicted molar refractivity (Wildman–Crippen MR) is 112 cm³/mol. The number of guanidine groups is 1. The first-order chi connectivity index (χ1) is 13.0. The van der Waals surface area contributed by atoms with Crippen LogP contribution in [0.2, 0.25) is 0 Å². The minimum absolute atomic E-state index is 0. The van der Waals surface area contributed by atoms with Gasteiger partial charge in [-0.3, -0.25) is 0 Å². The molecule has 0 saturated carbocycles. The molecule has 156 valence electrons. The van der Waals surface area contributed by atoms with Crippen molar-refractivity contribution in [1.82, 2.24) is 25.4 Å². The van der Waals surface area contributed by atoms with E-state index in [1.807, 2.05) is 18.5 Å². The van der Waals surface area contributed by atoms with Gasteiger partial charge in [-0.2, -0.15) is 8.78 Å². The SMILES string of the molecule is COCCNC(=NCc1ccccc1OC(F)F)NCc1nnc(C)n1C.I. The molecule has 1 heterocycles. The third-order valence-electron chi connectivity index (χ3n) is 3.79. The van der Waals surface area contributed by atoms with Crippen LogP contribution < -0.4 is 15.4 Å². The van der Waals surface area contributed by atoms with E-state index in [0.29, 0.717) is 31.2 Å². The van der Waals surface area contributed by atoms with Crippen LogP contribution in [0.4, 0.5) is 8.78 Å². The summed E-state index contributed by atoms with van der Waals surface area (Å²) in [6, 6.07) is 6.57. The zero-order chi connectivity index (χ0) is 19.6. The molecule has 1 aromatic heterocycles. The normalized spacial score (nSPS) is 11.3. The van der Waals surface area contributed by atoms with Gasteiger partial charge in [-0.1, -0.05) is 18.2 Å². The predicted octanol–water partition coefficient (Wildman–Crippen LogP) is 2.22. The Hall–Kier alpha value is -2.02. The summed E-state index contributed by atoms with van der Waals surface area (Å²) in [5.74, 6) is 2.15. The van der Waals surface area contributed by atoms with Crippen molar-refractivity contribution in [3.8, 4) is 5.75 Å². The van der Waals surface area contributed by atoms with Crippen LogP contribution >= 0.6 is 24.0 Å². The first-order valence-electron chi connectivity index (χ1n) is 8.40. The van der Waals surface area contributed by atoms with E-state index in [2.05, 4.69) is 30.6 Å². The number of nitrogens with one attached hydrogen (secondary N) is 2. The average Bonchev–Trinajstić information content (AvgIpc) is 2.96. The molecule has 0 radical (unpaired) electrons. The van der Waals surface area contributed by atoms with Crippen LogP contribution in [0.3, 0.4) is 0 Å². The van der Waals surface area contributed by atoms with E-state index in [9.17, 15) is 8.78 Å². The van der Waals surface area contributed by atoms with Crippen molar-refractivity contribution in [2.75, 3.05) is 20.3 Å². The van der Waals surface area contributed by atoms with Crippen LogP contribution in [-0.4, -0.2) is 47.6 Å². The zero-order valence-corrected chi connectivity index (χ0v) is 18.3. The number of aryl methyl sites for hydroxylation is 1. The number of ether oxygens (including phenoxy) is 2. The molecule has 8 nitrogen and oxygen atoms in total. The molecule has 1 aromatic carbocycles. The standard InChI is InChI=1S/C17H24F2N6O2.HI/c1-12-23-24-15(25(12)2)11-22-17(20-8-9-26-3)21-10-13-6-4-5-7-14(13)27-16(18)19;/h4-7,16H,8-11H2,1-3H3,(H2,20,21,22);1H. The summed E-state index contributed by atoms with van der Waals surface area (Å²) in [6.07, 6.45) is 0. The smallest absolute Gasteiger partial charge is 0.387 e. The lowest BCUT2D eigenvalue weighted by molar-refractivity contribution is -0.0504. The summed E-state index contributed by atoms with van der Waals surface area (Å²) in [5, 5.41) is 14.4. The van der Waals surface area contributed by atoms with Crippen LogP contribution in [0.25, 0.3) is 0 Å². The number of benzene rings is 1. The van der Waals surface area contributed by atoms with Crippen molar-refractivity contribution < 1.29 is 18.3 Å². The molecule has 0 amide bonds. The van der Waals surface area contributed by atoms with Gasteiger partial charge in [0.25, 0.3) is 0 Å². The Labute approximate surface area is 179 Å². The Morgan fingerprint density at radius 1 is 1.25 bits per heavy atom. The highest BCUT2D eigenvalue weighted by Crippen LogP contribution is 2.20. The lowest BCUT2D eigenvalue weighted by Crippen LogP contribution is -2.39. The van der Waals surface area contributed by atoms with Gasteiger partial charge in [0.2, 0.25) is 0 Å². The molecule has 0 unspecified atom stereocenters. The van der Waals surface area contributed by atoms with Gasteiger partial charge in [-0.15, -0.1) is 34.2 Å². The summed E-state index contributed by atoms with van der Waals surface area (Å²) in [5.41, 5.74) is 0.556. The number of nitrogens with zero attached hydrogens (tertiary/aromatic N) is 4. The van der Waals surface area contributed by atoms with Gasteiger partial charge < -0.3 is 24.7 Å². The van der Waals surface area contributed by atoms with Crippen LogP contribution in [0.1, 0.15) is 17.2 Å². The summed E-state index contributed by atoms with van der Waals surface area (Å²) in [7, 11) is 3.48. The maximum absolute atomic E-state index is 12.5. The van der Waals surface area contributed by atoms with Crippen molar-refractivity contribution in [2.24, 2.45) is 12.0 Å². The van der Waals surface area contributed by atoms with E-state index < -0.39 is 6.61 Å². The molecule has 0 spiro atoms. The van der Waals surface area contributed by atoms with Gasteiger partial charge in [0.1, 0.15) is 11.6 Å². The Balaban J connectivity index is 0.00000392. The molecule has 2 aromatic rings. The van der Waals surface area contributed by atoms with Gasteiger partial charge in [-0.05, 0) is 13.0 Å². The van der Waals surface area contributed by atoms with Crippen molar-refractivity contribution >= 4 is 29.9 Å². The van der Waals surface area contributed by atoms with E-state index >= 15 is 0 Å². The Bertz CT molecular complexity index is 757. The molecule has 2 N–H and O–H groups in total. The van der Waals surface area contributed by atoms with Crippen LogP contribution in [0.15, 0.2) is 29.3 Å². The van der Waals surface area contributed by atoms with Crippen LogP contribution in [0.5, 0.6) is 5.75 Å². The quantitative estimate of drug-likeness (QED) is 0.233. The molecule has 0 saturated heterocycles. The molecule has 11 heteroatoms. The van der Waals surface area contributed by atoms with Crippen molar-refractivity contribution in [3.63, 3.8) is 0 Å². The van der Waals surface area contributed by atoms with Gasteiger partial charge >= 0.3 is 6.61 Å². The second-order valence-corrected chi connectivity index (χ2v) is 5.65. The fraction of sp³-hybridized carbons (Fsp3) is 0.471. The summed E-state index contributed by atoms with van der Waals surface area (Å²) in [6.45, 7) is 0.590. The minimum atomic E-state index is -2.88. The number of aliphatic imine (C=N–C) groups is 1. The summed E-state index contributed by atoms with van der Waals surface area (Å²) in [4.78, 5) is 4.44. The van der Waals surface area contributed by atoms with Gasteiger partial charge in [0.05, 0.1) is 19.7 Å². The van der Waals surface area contributed by atoms with E-state index in [1.165, 1.54) is 6.07 Å². The zero-order valence-electron chi connectivity index (χ0n) is 16.0. The van der Waals surface area contributed by atoms with E-state index in [0.717, 1.165) is 11.6 Å². The van der Waals surface area contributed by atoms with Gasteiger partial charge in [-0.25, -0.2) is 4.99 Å². The number of hydrogen-bond donors (Lipinski definition) is 2. The molecule has 28 heavy (non-hydrogen) atoms. The second kappa shape index (κ2) is 12.4. The molecule has 0 aliphatic rings. The first-order valence-corrected chi connectivity index (χ1v) is 8.40. The second-order valence-electron chi connectivity index (χ2n) is 5.65. The third kappa shape index (κ3) is 7.54. The highest BCUT2D eigenvalue weighted by atomic mass is 127. The topological polar surface area (TPSA) is 85.6 Å². The van der Waals surface area contributed by atoms with Crippen molar-refractivity contribution in [3.05, 3.63) is 41.5 Å². The monoisotopic (exact) mass is 510 g/mol. The van der Waals surface area contributed by atoms with E-state index in [4.69, 9.17) is 4.74 Å². The molecular formula is C17H25F2IN6O2. The van der Waals surface area contributed by atoms with E-state index in [-0.39, 0.29) is 36.3 Å². The maximum atomic E-state index is 12.5.